The summed E-state index contributed by atoms with van der Waals surface area (Å²) in [6.45, 7) is 3.81. The van der Waals surface area contributed by atoms with Crippen molar-refractivity contribution in [3.63, 3.8) is 0 Å². The van der Waals surface area contributed by atoms with Crippen LogP contribution in [-0.4, -0.2) is 16.1 Å². The Hall–Kier alpha value is -1.33. The van der Waals surface area contributed by atoms with Gasteiger partial charge in [-0.25, -0.2) is 4.98 Å². The summed E-state index contributed by atoms with van der Waals surface area (Å²) >= 11 is 2.99. The van der Waals surface area contributed by atoms with E-state index in [1.165, 1.54) is 11.3 Å². The quantitative estimate of drug-likeness (QED) is 0.869. The molecule has 1 amide bonds. The van der Waals surface area contributed by atoms with E-state index in [9.17, 15) is 4.79 Å². The average molecular weight is 278 g/mol. The topological polar surface area (TPSA) is 42.0 Å². The van der Waals surface area contributed by atoms with Gasteiger partial charge in [0.05, 0.1) is 10.9 Å². The maximum atomic E-state index is 12.0. The highest BCUT2D eigenvalue weighted by Crippen LogP contribution is 2.24. The van der Waals surface area contributed by atoms with Crippen LogP contribution in [0.1, 0.15) is 12.6 Å². The number of thioether (sulfide) groups is 1. The van der Waals surface area contributed by atoms with Crippen LogP contribution in [0.4, 0.5) is 5.13 Å². The van der Waals surface area contributed by atoms with E-state index < -0.39 is 0 Å². The van der Waals surface area contributed by atoms with Gasteiger partial charge >= 0.3 is 0 Å². The van der Waals surface area contributed by atoms with Gasteiger partial charge in [-0.15, -0.1) is 23.1 Å². The number of benzene rings is 1. The number of aryl methyl sites for hydroxylation is 1. The number of carbonyl (C=O) groups is 1. The molecule has 94 valence electrons. The van der Waals surface area contributed by atoms with E-state index in [-0.39, 0.29) is 11.2 Å². The first-order valence-corrected chi connectivity index (χ1v) is 7.36. The molecule has 0 aliphatic carbocycles. The van der Waals surface area contributed by atoms with Crippen LogP contribution in [0, 0.1) is 6.92 Å². The minimum absolute atomic E-state index is 0.0156. The molecule has 0 bridgehead atoms. The van der Waals surface area contributed by atoms with Gasteiger partial charge in [0.15, 0.2) is 5.13 Å². The third-order valence-corrected chi connectivity index (χ3v) is 4.26. The number of thiazole rings is 1. The molecule has 1 aromatic carbocycles. The van der Waals surface area contributed by atoms with E-state index in [1.807, 2.05) is 49.6 Å². The van der Waals surface area contributed by atoms with Crippen molar-refractivity contribution in [2.75, 3.05) is 5.32 Å². The van der Waals surface area contributed by atoms with Crippen molar-refractivity contribution in [2.45, 2.75) is 24.0 Å². The Bertz CT molecular complexity index is 525. The first kappa shape index (κ1) is 13.1. The summed E-state index contributed by atoms with van der Waals surface area (Å²) in [4.78, 5) is 17.3. The molecule has 0 radical (unpaired) electrons. The molecule has 1 aromatic heterocycles. The SMILES string of the molecule is Cc1csc(NC(=O)C(C)Sc2ccccc2)n1. The fourth-order valence-corrected chi connectivity index (χ4v) is 2.95. The van der Waals surface area contributed by atoms with Crippen molar-refractivity contribution in [3.8, 4) is 0 Å². The molecule has 0 saturated carbocycles. The highest BCUT2D eigenvalue weighted by atomic mass is 32.2. The van der Waals surface area contributed by atoms with Gasteiger partial charge < -0.3 is 5.32 Å². The number of aromatic nitrogens is 1. The first-order valence-electron chi connectivity index (χ1n) is 5.60. The average Bonchev–Trinajstić information content (AvgIpc) is 2.76. The van der Waals surface area contributed by atoms with Gasteiger partial charge in [-0.1, -0.05) is 18.2 Å². The second-order valence-electron chi connectivity index (χ2n) is 3.86. The zero-order valence-corrected chi connectivity index (χ0v) is 11.8. The minimum atomic E-state index is -0.142. The van der Waals surface area contributed by atoms with Crippen molar-refractivity contribution < 1.29 is 4.79 Å². The summed E-state index contributed by atoms with van der Waals surface area (Å²) in [5, 5.41) is 5.27. The zero-order valence-electron chi connectivity index (χ0n) is 10.2. The van der Waals surface area contributed by atoms with Crippen molar-refractivity contribution >= 4 is 34.1 Å². The molecule has 0 saturated heterocycles. The summed E-state index contributed by atoms with van der Waals surface area (Å²) in [5.74, 6) is -0.0156. The zero-order chi connectivity index (χ0) is 13.0. The number of nitrogens with zero attached hydrogens (tertiary/aromatic N) is 1. The molecule has 0 fully saturated rings. The van der Waals surface area contributed by atoms with E-state index in [0.717, 1.165) is 10.6 Å². The molecule has 0 aliphatic heterocycles. The van der Waals surface area contributed by atoms with Crippen LogP contribution in [0.2, 0.25) is 0 Å². The van der Waals surface area contributed by atoms with Gasteiger partial charge in [0.1, 0.15) is 0 Å². The monoisotopic (exact) mass is 278 g/mol. The largest absolute Gasteiger partial charge is 0.301 e. The summed E-state index contributed by atoms with van der Waals surface area (Å²) < 4.78 is 0. The summed E-state index contributed by atoms with van der Waals surface area (Å²) in [5.41, 5.74) is 0.929. The van der Waals surface area contributed by atoms with Gasteiger partial charge in [-0.05, 0) is 26.0 Å². The van der Waals surface area contributed by atoms with Crippen LogP contribution in [0.25, 0.3) is 0 Å². The van der Waals surface area contributed by atoms with Crippen molar-refractivity contribution in [2.24, 2.45) is 0 Å². The normalized spacial score (nSPS) is 12.1. The van der Waals surface area contributed by atoms with Crippen LogP contribution in [0.3, 0.4) is 0 Å². The smallest absolute Gasteiger partial charge is 0.239 e. The van der Waals surface area contributed by atoms with Crippen LogP contribution < -0.4 is 5.32 Å². The number of rotatable bonds is 4. The number of anilines is 1. The second-order valence-corrected chi connectivity index (χ2v) is 6.13. The van der Waals surface area contributed by atoms with Crippen molar-refractivity contribution in [1.82, 2.24) is 4.98 Å². The molecular formula is C13H14N2OS2. The van der Waals surface area contributed by atoms with Crippen LogP contribution >= 0.6 is 23.1 Å². The Kier molecular flexibility index (Phi) is 4.38. The van der Waals surface area contributed by atoms with Gasteiger partial charge in [0.2, 0.25) is 5.91 Å². The van der Waals surface area contributed by atoms with Crippen molar-refractivity contribution in [3.05, 3.63) is 41.4 Å². The molecule has 1 unspecified atom stereocenters. The Morgan fingerprint density at radius 3 is 2.72 bits per heavy atom. The lowest BCUT2D eigenvalue weighted by molar-refractivity contribution is -0.115. The molecule has 2 rings (SSSR count). The van der Waals surface area contributed by atoms with Crippen LogP contribution in [-0.2, 0) is 4.79 Å². The lowest BCUT2D eigenvalue weighted by Crippen LogP contribution is -2.22. The highest BCUT2D eigenvalue weighted by molar-refractivity contribution is 8.00. The molecule has 1 heterocycles. The molecule has 0 aliphatic rings. The molecule has 1 N–H and O–H groups in total. The number of hydrogen-bond donors (Lipinski definition) is 1. The Morgan fingerprint density at radius 1 is 1.39 bits per heavy atom. The standard InChI is InChI=1S/C13H14N2OS2/c1-9-8-17-13(14-9)15-12(16)10(2)18-11-6-4-3-5-7-11/h3-8,10H,1-2H3,(H,14,15,16). The summed E-state index contributed by atoms with van der Waals surface area (Å²) in [6, 6.07) is 9.91. The van der Waals surface area contributed by atoms with Gasteiger partial charge in [0, 0.05) is 10.3 Å². The molecule has 2 aromatic rings. The number of carbonyl (C=O) groups excluding carboxylic acids is 1. The summed E-state index contributed by atoms with van der Waals surface area (Å²) in [7, 11) is 0. The second kappa shape index (κ2) is 6.02. The maximum absolute atomic E-state index is 12.0. The Labute approximate surface area is 115 Å². The van der Waals surface area contributed by atoms with Gasteiger partial charge in [-0.3, -0.25) is 4.79 Å². The molecule has 1 atom stereocenters. The van der Waals surface area contributed by atoms with E-state index in [0.29, 0.717) is 5.13 Å². The molecule has 18 heavy (non-hydrogen) atoms. The number of nitrogens with one attached hydrogen (secondary N) is 1. The predicted molar refractivity (Wildman–Crippen MR) is 77.2 cm³/mol. The van der Waals surface area contributed by atoms with Crippen molar-refractivity contribution in [1.29, 1.82) is 0 Å². The van der Waals surface area contributed by atoms with Crippen LogP contribution in [0.5, 0.6) is 0 Å². The first-order chi connectivity index (χ1) is 8.65. The highest BCUT2D eigenvalue weighted by Gasteiger charge is 2.15. The fraction of sp³-hybridized carbons (Fsp3) is 0.231. The lowest BCUT2D eigenvalue weighted by atomic mass is 10.4. The minimum Gasteiger partial charge on any atom is -0.301 e. The maximum Gasteiger partial charge on any atom is 0.239 e. The number of amides is 1. The number of hydrogen-bond acceptors (Lipinski definition) is 4. The molecular weight excluding hydrogens is 264 g/mol. The third-order valence-electron chi connectivity index (χ3n) is 2.27. The van der Waals surface area contributed by atoms with E-state index in [2.05, 4.69) is 10.3 Å². The van der Waals surface area contributed by atoms with Crippen LogP contribution in [0.15, 0.2) is 40.6 Å². The lowest BCUT2D eigenvalue weighted by Gasteiger charge is -2.10. The van der Waals surface area contributed by atoms with E-state index >= 15 is 0 Å². The molecule has 5 heteroatoms. The predicted octanol–water partition coefficient (Wildman–Crippen LogP) is 3.57. The third kappa shape index (κ3) is 3.58. The summed E-state index contributed by atoms with van der Waals surface area (Å²) in [6.07, 6.45) is 0. The fourth-order valence-electron chi connectivity index (χ4n) is 1.38. The van der Waals surface area contributed by atoms with Gasteiger partial charge in [0.25, 0.3) is 0 Å². The Balaban J connectivity index is 1.93. The molecule has 3 nitrogen and oxygen atoms in total. The van der Waals surface area contributed by atoms with Gasteiger partial charge in [-0.2, -0.15) is 0 Å². The Morgan fingerprint density at radius 2 is 2.11 bits per heavy atom. The molecule has 0 spiro atoms. The van der Waals surface area contributed by atoms with E-state index in [4.69, 9.17) is 0 Å². The van der Waals surface area contributed by atoms with E-state index in [1.54, 1.807) is 11.8 Å².